The average molecular weight is 264 g/mol. The molecule has 0 fully saturated rings. The van der Waals surface area contributed by atoms with Gasteiger partial charge in [0, 0.05) is 10.9 Å². The summed E-state index contributed by atoms with van der Waals surface area (Å²) in [7, 11) is 0. The maximum Gasteiger partial charge on any atom is 0.126 e. The van der Waals surface area contributed by atoms with Gasteiger partial charge in [-0.25, -0.2) is 9.37 Å². The lowest BCUT2D eigenvalue weighted by atomic mass is 10.1. The fraction of sp³-hybridized carbons (Fsp3) is 0.357. The van der Waals surface area contributed by atoms with Crippen LogP contribution in [-0.4, -0.2) is 11.5 Å². The highest BCUT2D eigenvalue weighted by Crippen LogP contribution is 2.26. The summed E-state index contributed by atoms with van der Waals surface area (Å²) in [6.07, 6.45) is 0.896. The Bertz CT molecular complexity index is 536. The predicted octanol–water partition coefficient (Wildman–Crippen LogP) is 3.39. The number of hydrogen-bond acceptors (Lipinski definition) is 3. The molecule has 0 radical (unpaired) electrons. The molecule has 0 aliphatic carbocycles. The molecule has 4 heteroatoms. The third-order valence-corrected chi connectivity index (χ3v) is 3.86. The fourth-order valence-corrected chi connectivity index (χ4v) is 2.58. The molecule has 1 aromatic heterocycles. The van der Waals surface area contributed by atoms with Crippen molar-refractivity contribution in [2.45, 2.75) is 20.3 Å². The van der Waals surface area contributed by atoms with Gasteiger partial charge in [0.05, 0.1) is 5.69 Å². The van der Waals surface area contributed by atoms with Gasteiger partial charge in [0.1, 0.15) is 10.8 Å². The van der Waals surface area contributed by atoms with Gasteiger partial charge in [-0.3, -0.25) is 0 Å². The van der Waals surface area contributed by atoms with Gasteiger partial charge in [0.2, 0.25) is 0 Å². The highest BCUT2D eigenvalue weighted by molar-refractivity contribution is 7.13. The Labute approximate surface area is 111 Å². The van der Waals surface area contributed by atoms with Crippen LogP contribution in [-0.2, 0) is 6.42 Å². The Morgan fingerprint density at radius 2 is 2.22 bits per heavy atom. The van der Waals surface area contributed by atoms with Crippen molar-refractivity contribution in [3.8, 4) is 10.6 Å². The number of nitrogens with two attached hydrogens (primary N) is 1. The first kappa shape index (κ1) is 13.2. The van der Waals surface area contributed by atoms with Gasteiger partial charge in [-0.2, -0.15) is 0 Å². The third kappa shape index (κ3) is 2.94. The summed E-state index contributed by atoms with van der Waals surface area (Å²) < 4.78 is 13.2. The van der Waals surface area contributed by atoms with Gasteiger partial charge in [-0.15, -0.1) is 11.3 Å². The number of hydrogen-bond donors (Lipinski definition) is 1. The van der Waals surface area contributed by atoms with E-state index in [1.54, 1.807) is 24.3 Å². The Morgan fingerprint density at radius 1 is 1.44 bits per heavy atom. The number of rotatable bonds is 4. The van der Waals surface area contributed by atoms with Crippen molar-refractivity contribution in [2.24, 2.45) is 11.7 Å². The van der Waals surface area contributed by atoms with E-state index in [-0.39, 0.29) is 5.82 Å². The number of thiazole rings is 1. The van der Waals surface area contributed by atoms with Crippen LogP contribution in [0.3, 0.4) is 0 Å². The Hall–Kier alpha value is -1.26. The van der Waals surface area contributed by atoms with E-state index in [0.717, 1.165) is 22.7 Å². The van der Waals surface area contributed by atoms with Gasteiger partial charge in [0.25, 0.3) is 0 Å². The second kappa shape index (κ2) is 5.59. The lowest BCUT2D eigenvalue weighted by molar-refractivity contribution is 0.586. The van der Waals surface area contributed by atoms with E-state index in [9.17, 15) is 4.39 Å². The highest BCUT2D eigenvalue weighted by Gasteiger charge is 2.09. The zero-order valence-electron chi connectivity index (χ0n) is 10.6. The third-order valence-electron chi connectivity index (χ3n) is 2.92. The summed E-state index contributed by atoms with van der Waals surface area (Å²) in [5.74, 6) is 0.266. The second-order valence-electron chi connectivity index (χ2n) is 4.65. The zero-order valence-corrected chi connectivity index (χ0v) is 11.4. The van der Waals surface area contributed by atoms with E-state index in [1.807, 2.05) is 6.07 Å². The van der Waals surface area contributed by atoms with E-state index in [1.165, 1.54) is 6.07 Å². The molecular weight excluding hydrogens is 247 g/mol. The fourth-order valence-electron chi connectivity index (χ4n) is 1.75. The zero-order chi connectivity index (χ0) is 13.1. The van der Waals surface area contributed by atoms with Crippen molar-refractivity contribution in [1.82, 2.24) is 4.98 Å². The molecule has 2 aromatic rings. The van der Waals surface area contributed by atoms with Crippen molar-refractivity contribution in [1.29, 1.82) is 0 Å². The number of nitrogens with zero attached hydrogens (tertiary/aromatic N) is 1. The molecule has 18 heavy (non-hydrogen) atoms. The maximum absolute atomic E-state index is 13.2. The molecule has 0 aliphatic rings. The summed E-state index contributed by atoms with van der Waals surface area (Å²) in [5.41, 5.74) is 8.30. The van der Waals surface area contributed by atoms with Crippen molar-refractivity contribution in [3.63, 3.8) is 0 Å². The Kier molecular flexibility index (Phi) is 4.09. The quantitative estimate of drug-likeness (QED) is 0.919. The van der Waals surface area contributed by atoms with E-state index >= 15 is 0 Å². The molecule has 0 saturated carbocycles. The summed E-state index contributed by atoms with van der Waals surface area (Å²) >= 11 is 1.60. The Morgan fingerprint density at radius 3 is 2.89 bits per heavy atom. The lowest BCUT2D eigenvalue weighted by Crippen LogP contribution is -2.13. The molecule has 2 nitrogen and oxygen atoms in total. The molecule has 1 unspecified atom stereocenters. The molecule has 0 aliphatic heterocycles. The molecule has 0 bridgehead atoms. The first-order valence-electron chi connectivity index (χ1n) is 6.01. The summed E-state index contributed by atoms with van der Waals surface area (Å²) in [5, 5.41) is 3.00. The van der Waals surface area contributed by atoms with E-state index in [0.29, 0.717) is 18.0 Å². The van der Waals surface area contributed by atoms with Crippen molar-refractivity contribution >= 4 is 11.3 Å². The van der Waals surface area contributed by atoms with Gasteiger partial charge in [-0.05, 0) is 49.6 Å². The topological polar surface area (TPSA) is 38.9 Å². The van der Waals surface area contributed by atoms with Crippen LogP contribution in [0.15, 0.2) is 23.6 Å². The summed E-state index contributed by atoms with van der Waals surface area (Å²) in [4.78, 5) is 4.58. The van der Waals surface area contributed by atoms with Gasteiger partial charge >= 0.3 is 0 Å². The van der Waals surface area contributed by atoms with E-state index in [2.05, 4.69) is 17.3 Å². The summed E-state index contributed by atoms with van der Waals surface area (Å²) in [6, 6.07) is 5.11. The number of halogens is 1. The molecule has 2 rings (SSSR count). The predicted molar refractivity (Wildman–Crippen MR) is 74.2 cm³/mol. The average Bonchev–Trinajstić information content (AvgIpc) is 2.81. The van der Waals surface area contributed by atoms with Crippen molar-refractivity contribution < 1.29 is 4.39 Å². The van der Waals surface area contributed by atoms with Gasteiger partial charge in [-0.1, -0.05) is 6.92 Å². The van der Waals surface area contributed by atoms with E-state index < -0.39 is 0 Å². The summed E-state index contributed by atoms with van der Waals surface area (Å²) in [6.45, 7) is 4.55. The normalized spacial score (nSPS) is 12.7. The van der Waals surface area contributed by atoms with Crippen LogP contribution in [0.4, 0.5) is 4.39 Å². The van der Waals surface area contributed by atoms with Crippen molar-refractivity contribution in [3.05, 3.63) is 40.7 Å². The largest absolute Gasteiger partial charge is 0.330 e. The molecule has 2 N–H and O–H groups in total. The number of aromatic nitrogens is 1. The van der Waals surface area contributed by atoms with Crippen LogP contribution in [0.25, 0.3) is 10.6 Å². The molecule has 0 amide bonds. The maximum atomic E-state index is 13.2. The Balaban J connectivity index is 2.21. The first-order valence-corrected chi connectivity index (χ1v) is 6.89. The molecule has 1 aromatic carbocycles. The van der Waals surface area contributed by atoms with E-state index in [4.69, 9.17) is 5.73 Å². The molecule has 96 valence electrons. The SMILES string of the molecule is Cc1cc(-c2nc(CC(C)CN)cs2)ccc1F. The van der Waals surface area contributed by atoms with Crippen LogP contribution in [0.2, 0.25) is 0 Å². The number of aryl methyl sites for hydroxylation is 1. The van der Waals surface area contributed by atoms with Crippen molar-refractivity contribution in [2.75, 3.05) is 6.54 Å². The monoisotopic (exact) mass is 264 g/mol. The molecule has 1 heterocycles. The minimum atomic E-state index is -0.174. The lowest BCUT2D eigenvalue weighted by Gasteiger charge is -2.04. The molecule has 0 saturated heterocycles. The van der Waals surface area contributed by atoms with Gasteiger partial charge < -0.3 is 5.73 Å². The second-order valence-corrected chi connectivity index (χ2v) is 5.51. The molecule has 1 atom stereocenters. The van der Waals surface area contributed by atoms with Crippen LogP contribution >= 0.6 is 11.3 Å². The standard InChI is InChI=1S/C14H17FN2S/c1-9(7-16)5-12-8-18-14(17-12)11-3-4-13(15)10(2)6-11/h3-4,6,8-9H,5,7,16H2,1-2H3. The van der Waals surface area contributed by atoms with Crippen LogP contribution in [0.1, 0.15) is 18.2 Å². The highest BCUT2D eigenvalue weighted by atomic mass is 32.1. The van der Waals surface area contributed by atoms with Crippen LogP contribution in [0, 0.1) is 18.7 Å². The minimum absolute atomic E-state index is 0.174. The van der Waals surface area contributed by atoms with Gasteiger partial charge in [0.15, 0.2) is 0 Å². The first-order chi connectivity index (χ1) is 8.60. The number of benzene rings is 1. The van der Waals surface area contributed by atoms with Crippen LogP contribution in [0.5, 0.6) is 0 Å². The van der Waals surface area contributed by atoms with Crippen LogP contribution < -0.4 is 5.73 Å². The smallest absolute Gasteiger partial charge is 0.126 e. The minimum Gasteiger partial charge on any atom is -0.330 e. The molecule has 0 spiro atoms. The molecular formula is C14H17FN2S.